The highest BCUT2D eigenvalue weighted by Crippen LogP contribution is 2.30. The first-order chi connectivity index (χ1) is 22.1. The van der Waals surface area contributed by atoms with Crippen LogP contribution in [0.25, 0.3) is 56.2 Å². The fraction of sp³-hybridized carbons (Fsp3) is 0.0500. The summed E-state index contributed by atoms with van der Waals surface area (Å²) in [6, 6.07) is 55.8. The maximum atomic E-state index is 5.06. The van der Waals surface area contributed by atoms with Crippen molar-refractivity contribution in [2.75, 3.05) is 0 Å². The molecule has 2 heterocycles. The van der Waals surface area contributed by atoms with E-state index in [1.165, 1.54) is 10.4 Å². The molecule has 0 saturated heterocycles. The molecule has 0 unspecified atom stereocenters. The van der Waals surface area contributed by atoms with Crippen molar-refractivity contribution in [3.63, 3.8) is 0 Å². The lowest BCUT2D eigenvalue weighted by molar-refractivity contribution is 1.10. The van der Waals surface area contributed by atoms with E-state index in [2.05, 4.69) is 168 Å². The minimum atomic E-state index is -1.98. The summed E-state index contributed by atoms with van der Waals surface area (Å²) in [7, 11) is -1.98. The number of hydrogen-bond acceptors (Lipinski definition) is 2. The fourth-order valence-corrected chi connectivity index (χ4v) is 8.69. The molecule has 8 aromatic rings. The van der Waals surface area contributed by atoms with Crippen molar-refractivity contribution in [3.05, 3.63) is 158 Å². The Labute approximate surface area is 263 Å². The van der Waals surface area contributed by atoms with Crippen LogP contribution in [0.15, 0.2) is 158 Å². The van der Waals surface area contributed by atoms with Crippen LogP contribution in [0.2, 0.25) is 13.1 Å². The standard InChI is InChI=1S/C40H32N4Si/c1-45(2,33-25-21-29(22-26-33)39-41-35-17-9-11-19-37(35)43(39)31-13-5-3-6-14-31)34-27-23-30(24-28-34)40-42-36-18-10-12-20-38(36)44(40)32-15-7-4-8-16-32/h3-28H,1-2H3. The van der Waals surface area contributed by atoms with Gasteiger partial charge in [0.15, 0.2) is 0 Å². The van der Waals surface area contributed by atoms with E-state index < -0.39 is 8.07 Å². The van der Waals surface area contributed by atoms with Crippen LogP contribution in [0.3, 0.4) is 0 Å². The molecule has 0 amide bonds. The maximum Gasteiger partial charge on any atom is 0.145 e. The molecule has 0 bridgehead atoms. The first kappa shape index (κ1) is 27.1. The van der Waals surface area contributed by atoms with E-state index in [4.69, 9.17) is 9.97 Å². The van der Waals surface area contributed by atoms with Gasteiger partial charge in [0.05, 0.1) is 22.1 Å². The largest absolute Gasteiger partial charge is 0.292 e. The van der Waals surface area contributed by atoms with Crippen molar-refractivity contribution in [3.8, 4) is 34.2 Å². The Balaban J connectivity index is 1.14. The molecule has 216 valence electrons. The molecule has 8 rings (SSSR count). The molecule has 0 aliphatic carbocycles. The molecule has 0 N–H and O–H groups in total. The molecule has 0 spiro atoms. The molecule has 6 aromatic carbocycles. The lowest BCUT2D eigenvalue weighted by Crippen LogP contribution is -2.52. The molecular weight excluding hydrogens is 565 g/mol. The van der Waals surface area contributed by atoms with Crippen LogP contribution in [-0.4, -0.2) is 27.2 Å². The predicted molar refractivity (Wildman–Crippen MR) is 190 cm³/mol. The molecule has 0 aliphatic rings. The Bertz CT molecular complexity index is 2100. The van der Waals surface area contributed by atoms with Crippen LogP contribution >= 0.6 is 0 Å². The van der Waals surface area contributed by atoms with Crippen molar-refractivity contribution < 1.29 is 0 Å². The highest BCUT2D eigenvalue weighted by atomic mass is 28.3. The molecule has 0 atom stereocenters. The summed E-state index contributed by atoms with van der Waals surface area (Å²) in [6.07, 6.45) is 0. The normalized spacial score (nSPS) is 11.8. The van der Waals surface area contributed by atoms with Gasteiger partial charge in [-0.3, -0.25) is 9.13 Å². The zero-order valence-corrected chi connectivity index (χ0v) is 26.3. The molecule has 5 heteroatoms. The summed E-state index contributed by atoms with van der Waals surface area (Å²) in [5.41, 5.74) is 8.66. The SMILES string of the molecule is C[Si](C)(c1ccc(-c2nc3ccccc3n2-c2ccccc2)cc1)c1ccc(-c2nc3ccccc3n2-c2ccccc2)cc1. The van der Waals surface area contributed by atoms with Crippen LogP contribution in [0.5, 0.6) is 0 Å². The summed E-state index contributed by atoms with van der Waals surface area (Å²) in [5.74, 6) is 1.91. The summed E-state index contributed by atoms with van der Waals surface area (Å²) in [5, 5.41) is 2.77. The number of aromatic nitrogens is 4. The minimum Gasteiger partial charge on any atom is -0.292 e. The third-order valence-corrected chi connectivity index (χ3v) is 12.4. The van der Waals surface area contributed by atoms with E-state index in [0.717, 1.165) is 56.2 Å². The van der Waals surface area contributed by atoms with E-state index >= 15 is 0 Å². The van der Waals surface area contributed by atoms with Gasteiger partial charge in [-0.1, -0.05) is 133 Å². The van der Waals surface area contributed by atoms with Gasteiger partial charge < -0.3 is 0 Å². The van der Waals surface area contributed by atoms with Crippen molar-refractivity contribution in [1.82, 2.24) is 19.1 Å². The average Bonchev–Trinajstić information content (AvgIpc) is 3.69. The molecule has 0 aliphatic heterocycles. The highest BCUT2D eigenvalue weighted by molar-refractivity contribution is 7.00. The monoisotopic (exact) mass is 596 g/mol. The van der Waals surface area contributed by atoms with E-state index in [9.17, 15) is 0 Å². The van der Waals surface area contributed by atoms with Gasteiger partial charge in [0.2, 0.25) is 0 Å². The van der Waals surface area contributed by atoms with Gasteiger partial charge in [-0.05, 0) is 48.5 Å². The van der Waals surface area contributed by atoms with Crippen molar-refractivity contribution >= 4 is 40.5 Å². The summed E-state index contributed by atoms with van der Waals surface area (Å²) < 4.78 is 4.52. The van der Waals surface area contributed by atoms with Crippen molar-refractivity contribution in [2.45, 2.75) is 13.1 Å². The number of para-hydroxylation sites is 6. The Morgan fingerprint density at radius 2 is 0.756 bits per heavy atom. The second-order valence-electron chi connectivity index (χ2n) is 12.0. The number of nitrogens with zero attached hydrogens (tertiary/aromatic N) is 4. The van der Waals surface area contributed by atoms with Crippen molar-refractivity contribution in [1.29, 1.82) is 0 Å². The second kappa shape index (κ2) is 10.9. The molecule has 2 aromatic heterocycles. The summed E-state index contributed by atoms with van der Waals surface area (Å²) in [6.45, 7) is 4.85. The topological polar surface area (TPSA) is 35.6 Å². The van der Waals surface area contributed by atoms with Gasteiger partial charge in [-0.25, -0.2) is 9.97 Å². The number of benzene rings is 6. The predicted octanol–water partition coefficient (Wildman–Crippen LogP) is 8.52. The summed E-state index contributed by atoms with van der Waals surface area (Å²) >= 11 is 0. The number of hydrogen-bond donors (Lipinski definition) is 0. The van der Waals surface area contributed by atoms with E-state index in [1.54, 1.807) is 0 Å². The molecule has 0 radical (unpaired) electrons. The second-order valence-corrected chi connectivity index (χ2v) is 16.4. The van der Waals surface area contributed by atoms with E-state index in [0.29, 0.717) is 0 Å². The van der Waals surface area contributed by atoms with Crippen LogP contribution in [0.1, 0.15) is 0 Å². The molecular formula is C40H32N4Si. The van der Waals surface area contributed by atoms with Gasteiger partial charge in [-0.15, -0.1) is 0 Å². The lowest BCUT2D eigenvalue weighted by Gasteiger charge is -2.24. The van der Waals surface area contributed by atoms with Crippen molar-refractivity contribution in [2.24, 2.45) is 0 Å². The number of rotatable bonds is 6. The van der Waals surface area contributed by atoms with Gasteiger partial charge in [-0.2, -0.15) is 0 Å². The Hall–Kier alpha value is -5.52. The third-order valence-electron chi connectivity index (χ3n) is 8.88. The first-order valence-corrected chi connectivity index (χ1v) is 18.4. The van der Waals surface area contributed by atoms with Crippen LogP contribution in [0.4, 0.5) is 0 Å². The zero-order valence-electron chi connectivity index (χ0n) is 25.3. The quantitative estimate of drug-likeness (QED) is 0.180. The maximum absolute atomic E-state index is 5.06. The molecule has 4 nitrogen and oxygen atoms in total. The summed E-state index contributed by atoms with van der Waals surface area (Å²) in [4.78, 5) is 10.1. The fourth-order valence-electron chi connectivity index (χ4n) is 6.35. The molecule has 45 heavy (non-hydrogen) atoms. The molecule has 0 saturated carbocycles. The van der Waals surface area contributed by atoms with Gasteiger partial charge in [0.1, 0.15) is 19.7 Å². The van der Waals surface area contributed by atoms with Crippen LogP contribution in [-0.2, 0) is 0 Å². The van der Waals surface area contributed by atoms with Gasteiger partial charge >= 0.3 is 0 Å². The average molecular weight is 597 g/mol. The lowest BCUT2D eigenvalue weighted by atomic mass is 10.2. The van der Waals surface area contributed by atoms with Crippen LogP contribution < -0.4 is 10.4 Å². The highest BCUT2D eigenvalue weighted by Gasteiger charge is 2.27. The smallest absolute Gasteiger partial charge is 0.145 e. The molecule has 0 fully saturated rings. The van der Waals surface area contributed by atoms with E-state index in [1.807, 2.05) is 12.1 Å². The minimum absolute atomic E-state index is 0.957. The Kier molecular flexibility index (Phi) is 6.54. The third kappa shape index (κ3) is 4.69. The van der Waals surface area contributed by atoms with Gasteiger partial charge in [0, 0.05) is 22.5 Å². The number of fused-ring (bicyclic) bond motifs is 2. The Morgan fingerprint density at radius 1 is 0.400 bits per heavy atom. The first-order valence-electron chi connectivity index (χ1n) is 15.4. The van der Waals surface area contributed by atoms with E-state index in [-0.39, 0.29) is 0 Å². The van der Waals surface area contributed by atoms with Crippen LogP contribution in [0, 0.1) is 0 Å². The zero-order chi connectivity index (χ0) is 30.4. The van der Waals surface area contributed by atoms with Gasteiger partial charge in [0.25, 0.3) is 0 Å². The Morgan fingerprint density at radius 3 is 1.16 bits per heavy atom. The number of imidazole rings is 2.